The van der Waals surface area contributed by atoms with Crippen LogP contribution in [0.25, 0.3) is 0 Å². The van der Waals surface area contributed by atoms with Gasteiger partial charge in [-0.2, -0.15) is 0 Å². The smallest absolute Gasteiger partial charge is 0.128 e. The predicted molar refractivity (Wildman–Crippen MR) is 66.5 cm³/mol. The van der Waals surface area contributed by atoms with Crippen molar-refractivity contribution < 1.29 is 9.13 Å². The molecule has 1 fully saturated rings. The fourth-order valence-electron chi connectivity index (χ4n) is 2.65. The van der Waals surface area contributed by atoms with Gasteiger partial charge in [0.2, 0.25) is 0 Å². The van der Waals surface area contributed by atoms with Crippen molar-refractivity contribution in [2.24, 2.45) is 11.7 Å². The summed E-state index contributed by atoms with van der Waals surface area (Å²) in [5.74, 6) is 0.863. The van der Waals surface area contributed by atoms with Gasteiger partial charge < -0.3 is 10.5 Å². The molecule has 2 rings (SSSR count). The quantitative estimate of drug-likeness (QED) is 0.874. The molecule has 1 saturated carbocycles. The summed E-state index contributed by atoms with van der Waals surface area (Å²) in [5.41, 5.74) is 6.79. The van der Waals surface area contributed by atoms with Gasteiger partial charge in [0.1, 0.15) is 11.6 Å². The summed E-state index contributed by atoms with van der Waals surface area (Å²) < 4.78 is 18.9. The van der Waals surface area contributed by atoms with E-state index in [0.29, 0.717) is 17.2 Å². The Morgan fingerprint density at radius 3 is 2.65 bits per heavy atom. The van der Waals surface area contributed by atoms with Gasteiger partial charge >= 0.3 is 0 Å². The van der Waals surface area contributed by atoms with E-state index in [1.165, 1.54) is 25.3 Å². The molecule has 0 saturated heterocycles. The van der Waals surface area contributed by atoms with Crippen LogP contribution in [0.15, 0.2) is 18.2 Å². The van der Waals surface area contributed by atoms with Crippen molar-refractivity contribution in [3.05, 3.63) is 29.6 Å². The summed E-state index contributed by atoms with van der Waals surface area (Å²) in [6.07, 6.45) is 5.92. The van der Waals surface area contributed by atoms with Crippen LogP contribution in [-0.2, 0) is 0 Å². The lowest BCUT2D eigenvalue weighted by molar-refractivity contribution is 0.302. The van der Waals surface area contributed by atoms with Crippen LogP contribution in [0.2, 0.25) is 0 Å². The lowest BCUT2D eigenvalue weighted by Crippen LogP contribution is -2.24. The molecule has 1 aromatic carbocycles. The van der Waals surface area contributed by atoms with Crippen LogP contribution < -0.4 is 10.5 Å². The van der Waals surface area contributed by atoms with E-state index in [2.05, 4.69) is 0 Å². The monoisotopic (exact) mass is 237 g/mol. The fourth-order valence-corrected chi connectivity index (χ4v) is 2.65. The third-order valence-electron chi connectivity index (χ3n) is 3.72. The molecular formula is C14H20FNO. The Kier molecular flexibility index (Phi) is 4.00. The van der Waals surface area contributed by atoms with Crippen molar-refractivity contribution in [2.45, 2.75) is 38.1 Å². The van der Waals surface area contributed by atoms with Gasteiger partial charge in [-0.1, -0.05) is 19.3 Å². The average molecular weight is 237 g/mol. The Morgan fingerprint density at radius 2 is 2.00 bits per heavy atom. The maximum absolute atomic E-state index is 13.8. The average Bonchev–Trinajstić information content (AvgIpc) is 2.39. The minimum atomic E-state index is -0.219. The van der Waals surface area contributed by atoms with Crippen LogP contribution in [0.1, 0.15) is 43.7 Å². The van der Waals surface area contributed by atoms with Crippen LogP contribution in [-0.4, -0.2) is 7.11 Å². The van der Waals surface area contributed by atoms with Gasteiger partial charge in [0, 0.05) is 11.6 Å². The topological polar surface area (TPSA) is 35.2 Å². The number of methoxy groups -OCH3 is 1. The van der Waals surface area contributed by atoms with Gasteiger partial charge in [-0.05, 0) is 37.0 Å². The van der Waals surface area contributed by atoms with Crippen molar-refractivity contribution in [3.63, 3.8) is 0 Å². The molecule has 1 aromatic rings. The Labute approximate surface area is 102 Å². The van der Waals surface area contributed by atoms with E-state index in [0.717, 1.165) is 12.8 Å². The molecule has 0 aliphatic heterocycles. The van der Waals surface area contributed by atoms with E-state index in [4.69, 9.17) is 10.5 Å². The molecule has 3 heteroatoms. The molecule has 0 radical (unpaired) electrons. The largest absolute Gasteiger partial charge is 0.497 e. The Balaban J connectivity index is 2.19. The fraction of sp³-hybridized carbons (Fsp3) is 0.571. The summed E-state index contributed by atoms with van der Waals surface area (Å²) in [4.78, 5) is 0. The minimum Gasteiger partial charge on any atom is -0.497 e. The molecule has 0 aromatic heterocycles. The highest BCUT2D eigenvalue weighted by molar-refractivity contribution is 5.32. The molecule has 0 unspecified atom stereocenters. The second-order valence-corrected chi connectivity index (χ2v) is 4.81. The van der Waals surface area contributed by atoms with Crippen molar-refractivity contribution in [2.75, 3.05) is 7.11 Å². The first kappa shape index (κ1) is 12.4. The predicted octanol–water partition coefficient (Wildman–Crippen LogP) is 3.41. The third-order valence-corrected chi connectivity index (χ3v) is 3.72. The van der Waals surface area contributed by atoms with Crippen molar-refractivity contribution >= 4 is 0 Å². The zero-order valence-corrected chi connectivity index (χ0v) is 10.3. The maximum Gasteiger partial charge on any atom is 0.128 e. The van der Waals surface area contributed by atoms with Crippen LogP contribution in [0.5, 0.6) is 5.75 Å². The number of rotatable bonds is 3. The molecule has 0 heterocycles. The highest BCUT2D eigenvalue weighted by Crippen LogP contribution is 2.34. The van der Waals surface area contributed by atoms with E-state index in [9.17, 15) is 4.39 Å². The standard InChI is InChI=1S/C14H20FNO/c1-17-11-7-8-13(15)12(9-11)14(16)10-5-3-2-4-6-10/h7-10,14H,2-6,16H2,1H3/t14-/m0/s1. The summed E-state index contributed by atoms with van der Waals surface area (Å²) in [6.45, 7) is 0. The van der Waals surface area contributed by atoms with E-state index in [1.807, 2.05) is 0 Å². The lowest BCUT2D eigenvalue weighted by Gasteiger charge is -2.28. The highest BCUT2D eigenvalue weighted by atomic mass is 19.1. The third kappa shape index (κ3) is 2.78. The Bertz CT molecular complexity index is 374. The molecule has 0 spiro atoms. The van der Waals surface area contributed by atoms with Gasteiger partial charge in [-0.3, -0.25) is 0 Å². The number of halogens is 1. The molecule has 1 aliphatic carbocycles. The lowest BCUT2D eigenvalue weighted by atomic mass is 9.81. The van der Waals surface area contributed by atoms with Crippen molar-refractivity contribution in [3.8, 4) is 5.75 Å². The van der Waals surface area contributed by atoms with E-state index < -0.39 is 0 Å². The van der Waals surface area contributed by atoms with Gasteiger partial charge in [0.15, 0.2) is 0 Å². The minimum absolute atomic E-state index is 0.203. The SMILES string of the molecule is COc1ccc(F)c([C@@H](N)C2CCCCC2)c1. The summed E-state index contributed by atoms with van der Waals surface area (Å²) in [5, 5.41) is 0. The number of ether oxygens (including phenoxy) is 1. The van der Waals surface area contributed by atoms with E-state index in [1.54, 1.807) is 19.2 Å². The van der Waals surface area contributed by atoms with Gasteiger partial charge in [0.05, 0.1) is 7.11 Å². The van der Waals surface area contributed by atoms with Gasteiger partial charge in [-0.25, -0.2) is 4.39 Å². The Morgan fingerprint density at radius 1 is 1.29 bits per heavy atom. The summed E-state index contributed by atoms with van der Waals surface area (Å²) in [7, 11) is 1.59. The first-order valence-corrected chi connectivity index (χ1v) is 6.31. The Hall–Kier alpha value is -1.09. The first-order valence-electron chi connectivity index (χ1n) is 6.31. The second kappa shape index (κ2) is 5.50. The molecular weight excluding hydrogens is 217 g/mol. The second-order valence-electron chi connectivity index (χ2n) is 4.81. The zero-order valence-electron chi connectivity index (χ0n) is 10.3. The highest BCUT2D eigenvalue weighted by Gasteiger charge is 2.24. The van der Waals surface area contributed by atoms with Crippen LogP contribution in [0.3, 0.4) is 0 Å². The summed E-state index contributed by atoms with van der Waals surface area (Å²) >= 11 is 0. The molecule has 0 bridgehead atoms. The normalized spacial score (nSPS) is 19.0. The molecule has 0 amide bonds. The van der Waals surface area contributed by atoms with Crippen LogP contribution in [0.4, 0.5) is 4.39 Å². The van der Waals surface area contributed by atoms with E-state index >= 15 is 0 Å². The van der Waals surface area contributed by atoms with Crippen LogP contribution in [0, 0.1) is 11.7 Å². The van der Waals surface area contributed by atoms with Crippen LogP contribution >= 0.6 is 0 Å². The van der Waals surface area contributed by atoms with Gasteiger partial charge in [-0.15, -0.1) is 0 Å². The summed E-state index contributed by atoms with van der Waals surface area (Å²) in [6, 6.07) is 4.60. The van der Waals surface area contributed by atoms with Crippen molar-refractivity contribution in [1.82, 2.24) is 0 Å². The molecule has 1 atom stereocenters. The number of hydrogen-bond acceptors (Lipinski definition) is 2. The molecule has 94 valence electrons. The molecule has 1 aliphatic rings. The van der Waals surface area contributed by atoms with E-state index in [-0.39, 0.29) is 11.9 Å². The first-order chi connectivity index (χ1) is 8.22. The zero-order chi connectivity index (χ0) is 12.3. The molecule has 2 nitrogen and oxygen atoms in total. The number of hydrogen-bond donors (Lipinski definition) is 1. The molecule has 2 N–H and O–H groups in total. The number of benzene rings is 1. The van der Waals surface area contributed by atoms with Crippen molar-refractivity contribution in [1.29, 1.82) is 0 Å². The molecule has 17 heavy (non-hydrogen) atoms. The maximum atomic E-state index is 13.8. The van der Waals surface area contributed by atoms with Gasteiger partial charge in [0.25, 0.3) is 0 Å². The number of nitrogens with two attached hydrogens (primary N) is 1.